The van der Waals surface area contributed by atoms with Crippen LogP contribution >= 0.6 is 0 Å². The Morgan fingerprint density at radius 2 is 1.02 bits per heavy atom. The van der Waals surface area contributed by atoms with E-state index in [4.69, 9.17) is 9.98 Å². The number of fused-ring (bicyclic) bond motifs is 2. The van der Waals surface area contributed by atoms with E-state index in [0.29, 0.717) is 0 Å². The number of rotatable bonds is 4. The molecule has 3 nitrogen and oxygen atoms in total. The fourth-order valence-corrected chi connectivity index (χ4v) is 5.75. The molecular formula is C38H31N3. The molecule has 1 aliphatic rings. The van der Waals surface area contributed by atoms with E-state index in [2.05, 4.69) is 147 Å². The predicted molar refractivity (Wildman–Crippen MR) is 173 cm³/mol. The Kier molecular flexibility index (Phi) is 6.20. The van der Waals surface area contributed by atoms with E-state index in [-0.39, 0.29) is 6.17 Å². The van der Waals surface area contributed by atoms with E-state index in [0.717, 1.165) is 28.4 Å². The smallest absolute Gasteiger partial charge is 0.169 e. The summed E-state index contributed by atoms with van der Waals surface area (Å²) in [4.78, 5) is 10.3. The molecule has 3 heteroatoms. The topological polar surface area (TPSA) is 36.8 Å². The molecule has 1 aliphatic heterocycles. The SMILES string of the molecule is Cc1cc(C)cc(C2=NC(c3ccc4cc(C)ccc4c3)N=C(c3ccc4cc(-c5ccccc5)ccc4c3)N2)c1. The highest BCUT2D eigenvalue weighted by Gasteiger charge is 2.21. The molecule has 198 valence electrons. The van der Waals surface area contributed by atoms with Crippen molar-refractivity contribution in [3.05, 3.63) is 155 Å². The molecule has 1 unspecified atom stereocenters. The number of aliphatic imine (C=N–C) groups is 2. The van der Waals surface area contributed by atoms with Gasteiger partial charge in [0.05, 0.1) is 0 Å². The lowest BCUT2D eigenvalue weighted by Gasteiger charge is -2.23. The summed E-state index contributed by atoms with van der Waals surface area (Å²) in [7, 11) is 0. The molecule has 1 atom stereocenters. The van der Waals surface area contributed by atoms with Gasteiger partial charge in [-0.1, -0.05) is 108 Å². The molecule has 0 aromatic heterocycles. The highest BCUT2D eigenvalue weighted by molar-refractivity contribution is 6.16. The first-order valence-electron chi connectivity index (χ1n) is 14.1. The maximum absolute atomic E-state index is 5.16. The Balaban J connectivity index is 1.31. The van der Waals surface area contributed by atoms with Crippen LogP contribution in [-0.4, -0.2) is 11.7 Å². The van der Waals surface area contributed by atoms with Gasteiger partial charge in [-0.15, -0.1) is 0 Å². The number of nitrogens with one attached hydrogen (secondary N) is 1. The molecule has 41 heavy (non-hydrogen) atoms. The number of aryl methyl sites for hydroxylation is 3. The molecule has 0 radical (unpaired) electrons. The van der Waals surface area contributed by atoms with Crippen molar-refractivity contribution in [2.75, 3.05) is 0 Å². The summed E-state index contributed by atoms with van der Waals surface area (Å²) in [6.45, 7) is 6.39. The van der Waals surface area contributed by atoms with Crippen molar-refractivity contribution in [3.8, 4) is 11.1 Å². The Bertz CT molecular complexity index is 1980. The van der Waals surface area contributed by atoms with Gasteiger partial charge in [-0.2, -0.15) is 0 Å². The molecule has 1 N–H and O–H groups in total. The lowest BCUT2D eigenvalue weighted by molar-refractivity contribution is 0.757. The Labute approximate surface area is 240 Å². The van der Waals surface area contributed by atoms with Crippen molar-refractivity contribution in [2.45, 2.75) is 26.9 Å². The van der Waals surface area contributed by atoms with E-state index < -0.39 is 0 Å². The first-order valence-corrected chi connectivity index (χ1v) is 14.1. The standard InChI is InChI=1S/C38H31N3/c1-24-9-10-30-22-33(15-13-28(30)18-24)36-39-37(41-38(40-36)35-19-25(2)17-26(3)20-35)34-16-14-31-21-29(11-12-32(31)23-34)27-7-5-4-6-8-27/h4-23,36H,1-3H3,(H,39,40,41). The summed E-state index contributed by atoms with van der Waals surface area (Å²) < 4.78 is 0. The molecule has 1 heterocycles. The third-order valence-electron chi connectivity index (χ3n) is 7.77. The Morgan fingerprint density at radius 3 is 1.78 bits per heavy atom. The summed E-state index contributed by atoms with van der Waals surface area (Å²) in [5.74, 6) is 1.67. The van der Waals surface area contributed by atoms with Gasteiger partial charge in [0.25, 0.3) is 0 Å². The molecule has 6 aromatic rings. The zero-order chi connectivity index (χ0) is 27.9. The minimum atomic E-state index is -0.344. The van der Waals surface area contributed by atoms with Gasteiger partial charge < -0.3 is 5.32 Å². The summed E-state index contributed by atoms with van der Waals surface area (Å²) in [5.41, 5.74) is 9.32. The van der Waals surface area contributed by atoms with Gasteiger partial charge in [-0.25, -0.2) is 9.98 Å². The minimum Gasteiger partial charge on any atom is -0.324 e. The summed E-state index contributed by atoms with van der Waals surface area (Å²) in [5, 5.41) is 8.40. The second kappa shape index (κ2) is 10.2. The van der Waals surface area contributed by atoms with E-state index >= 15 is 0 Å². The molecule has 0 saturated carbocycles. The zero-order valence-corrected chi connectivity index (χ0v) is 23.5. The third kappa shape index (κ3) is 5.03. The van der Waals surface area contributed by atoms with Crippen LogP contribution in [0.25, 0.3) is 32.7 Å². The lowest BCUT2D eigenvalue weighted by atomic mass is 9.99. The molecule has 0 fully saturated rings. The van der Waals surface area contributed by atoms with Crippen LogP contribution in [0.15, 0.2) is 131 Å². The normalized spacial score (nSPS) is 15.0. The summed E-state index contributed by atoms with van der Waals surface area (Å²) >= 11 is 0. The van der Waals surface area contributed by atoms with E-state index in [1.807, 2.05) is 0 Å². The van der Waals surface area contributed by atoms with E-state index in [1.165, 1.54) is 49.4 Å². The van der Waals surface area contributed by atoms with Gasteiger partial charge in [-0.3, -0.25) is 0 Å². The van der Waals surface area contributed by atoms with Crippen LogP contribution in [0.4, 0.5) is 0 Å². The van der Waals surface area contributed by atoms with Crippen molar-refractivity contribution in [1.82, 2.24) is 5.32 Å². The van der Waals surface area contributed by atoms with Crippen LogP contribution in [0.1, 0.15) is 39.5 Å². The van der Waals surface area contributed by atoms with Gasteiger partial charge in [0.15, 0.2) is 6.17 Å². The molecule has 0 bridgehead atoms. The van der Waals surface area contributed by atoms with Gasteiger partial charge in [0, 0.05) is 11.1 Å². The molecule has 0 aliphatic carbocycles. The van der Waals surface area contributed by atoms with Crippen LogP contribution in [-0.2, 0) is 0 Å². The van der Waals surface area contributed by atoms with Crippen LogP contribution < -0.4 is 5.32 Å². The van der Waals surface area contributed by atoms with Crippen LogP contribution in [0.5, 0.6) is 0 Å². The Morgan fingerprint density at radius 1 is 0.439 bits per heavy atom. The maximum atomic E-state index is 5.16. The molecule has 0 amide bonds. The van der Waals surface area contributed by atoms with Gasteiger partial charge in [0.1, 0.15) is 11.7 Å². The average Bonchev–Trinajstić information content (AvgIpc) is 3.00. The average molecular weight is 530 g/mol. The fourth-order valence-electron chi connectivity index (χ4n) is 5.75. The molecule has 6 aromatic carbocycles. The molecule has 0 spiro atoms. The van der Waals surface area contributed by atoms with E-state index in [9.17, 15) is 0 Å². The second-order valence-corrected chi connectivity index (χ2v) is 11.1. The number of amidine groups is 2. The third-order valence-corrected chi connectivity index (χ3v) is 7.77. The number of nitrogens with zero attached hydrogens (tertiary/aromatic N) is 2. The Hall–Kier alpha value is -5.02. The largest absolute Gasteiger partial charge is 0.324 e. The second-order valence-electron chi connectivity index (χ2n) is 11.1. The van der Waals surface area contributed by atoms with Gasteiger partial charge in [-0.05, 0) is 89.3 Å². The quantitative estimate of drug-likeness (QED) is 0.243. The van der Waals surface area contributed by atoms with Crippen molar-refractivity contribution in [3.63, 3.8) is 0 Å². The van der Waals surface area contributed by atoms with Crippen molar-refractivity contribution < 1.29 is 0 Å². The predicted octanol–water partition coefficient (Wildman–Crippen LogP) is 9.08. The molecule has 7 rings (SSSR count). The number of hydrogen-bond acceptors (Lipinski definition) is 3. The van der Waals surface area contributed by atoms with Crippen molar-refractivity contribution in [1.29, 1.82) is 0 Å². The highest BCUT2D eigenvalue weighted by Crippen LogP contribution is 2.30. The highest BCUT2D eigenvalue weighted by atomic mass is 15.2. The molecule has 0 saturated heterocycles. The van der Waals surface area contributed by atoms with Crippen molar-refractivity contribution >= 4 is 33.2 Å². The monoisotopic (exact) mass is 529 g/mol. The first-order chi connectivity index (χ1) is 20.0. The summed E-state index contributed by atoms with van der Waals surface area (Å²) in [6.07, 6.45) is -0.344. The van der Waals surface area contributed by atoms with Crippen LogP contribution in [0.3, 0.4) is 0 Å². The first kappa shape index (κ1) is 25.0. The van der Waals surface area contributed by atoms with Gasteiger partial charge >= 0.3 is 0 Å². The zero-order valence-electron chi connectivity index (χ0n) is 23.5. The fraction of sp³-hybridized carbons (Fsp3) is 0.105. The lowest BCUT2D eigenvalue weighted by Crippen LogP contribution is -2.36. The molecular weight excluding hydrogens is 498 g/mol. The van der Waals surface area contributed by atoms with E-state index in [1.54, 1.807) is 0 Å². The number of hydrogen-bond donors (Lipinski definition) is 1. The minimum absolute atomic E-state index is 0.344. The van der Waals surface area contributed by atoms with Gasteiger partial charge in [0.2, 0.25) is 0 Å². The van der Waals surface area contributed by atoms with Crippen molar-refractivity contribution in [2.24, 2.45) is 9.98 Å². The van der Waals surface area contributed by atoms with Crippen LogP contribution in [0, 0.1) is 20.8 Å². The summed E-state index contributed by atoms with van der Waals surface area (Å²) in [6, 6.07) is 43.4. The van der Waals surface area contributed by atoms with Crippen LogP contribution in [0.2, 0.25) is 0 Å². The maximum Gasteiger partial charge on any atom is 0.169 e. The number of benzene rings is 6.